The Bertz CT molecular complexity index is 386. The number of benzene rings is 1. The Morgan fingerprint density at radius 3 is 2.93 bits per heavy atom. The van der Waals surface area contributed by atoms with E-state index >= 15 is 0 Å². The van der Waals surface area contributed by atoms with Crippen molar-refractivity contribution in [2.45, 2.75) is 13.3 Å². The zero-order chi connectivity index (χ0) is 10.8. The van der Waals surface area contributed by atoms with E-state index in [0.717, 1.165) is 12.0 Å². The molecule has 0 saturated carbocycles. The molecule has 0 aromatic heterocycles. The van der Waals surface area contributed by atoms with E-state index in [-0.39, 0.29) is 5.56 Å². The Morgan fingerprint density at radius 2 is 2.33 bits per heavy atom. The summed E-state index contributed by atoms with van der Waals surface area (Å²) < 4.78 is 13.5. The van der Waals surface area contributed by atoms with E-state index < -0.39 is 11.7 Å². The van der Waals surface area contributed by atoms with Crippen LogP contribution in [0.3, 0.4) is 0 Å². The summed E-state index contributed by atoms with van der Waals surface area (Å²) >= 11 is 0. The van der Waals surface area contributed by atoms with Crippen LogP contribution in [0.15, 0.2) is 18.2 Å². The fourth-order valence-corrected chi connectivity index (χ4v) is 1.54. The molecule has 1 aromatic carbocycles. The minimum absolute atomic E-state index is 0.0718. The highest BCUT2D eigenvalue weighted by molar-refractivity contribution is 5.93. The molecule has 1 aromatic rings. The molecule has 1 aliphatic heterocycles. The van der Waals surface area contributed by atoms with Crippen molar-refractivity contribution in [3.8, 4) is 0 Å². The fraction of sp³-hybridized carbons (Fsp3) is 0.364. The van der Waals surface area contributed by atoms with Crippen molar-refractivity contribution in [1.29, 1.82) is 0 Å². The van der Waals surface area contributed by atoms with Crippen LogP contribution >= 0.6 is 0 Å². The van der Waals surface area contributed by atoms with E-state index in [1.165, 1.54) is 17.2 Å². The lowest BCUT2D eigenvalue weighted by atomic mass is 10.1. The van der Waals surface area contributed by atoms with Gasteiger partial charge in [-0.15, -0.1) is 0 Å². The van der Waals surface area contributed by atoms with Crippen molar-refractivity contribution in [1.82, 2.24) is 5.06 Å². The van der Waals surface area contributed by atoms with Crippen molar-refractivity contribution in [3.05, 3.63) is 35.1 Å². The van der Waals surface area contributed by atoms with Crippen LogP contribution in [0, 0.1) is 12.7 Å². The summed E-state index contributed by atoms with van der Waals surface area (Å²) in [6, 6.07) is 4.56. The fourth-order valence-electron chi connectivity index (χ4n) is 1.54. The maximum Gasteiger partial charge on any atom is 0.280 e. The molecule has 0 bridgehead atoms. The van der Waals surface area contributed by atoms with Gasteiger partial charge in [-0.2, -0.15) is 0 Å². The number of hydroxylamine groups is 2. The Kier molecular flexibility index (Phi) is 2.68. The summed E-state index contributed by atoms with van der Waals surface area (Å²) in [5.41, 5.74) is 0.869. The smallest absolute Gasteiger partial charge is 0.271 e. The van der Waals surface area contributed by atoms with Gasteiger partial charge >= 0.3 is 0 Å². The molecule has 15 heavy (non-hydrogen) atoms. The molecule has 1 saturated heterocycles. The second-order valence-corrected chi connectivity index (χ2v) is 3.58. The molecule has 1 heterocycles. The number of hydrogen-bond acceptors (Lipinski definition) is 2. The second kappa shape index (κ2) is 3.98. The Balaban J connectivity index is 2.24. The minimum Gasteiger partial charge on any atom is -0.271 e. The van der Waals surface area contributed by atoms with Crippen molar-refractivity contribution >= 4 is 5.91 Å². The predicted octanol–water partition coefficient (Wildman–Crippen LogP) is 1.91. The van der Waals surface area contributed by atoms with Crippen LogP contribution in [0.2, 0.25) is 0 Å². The van der Waals surface area contributed by atoms with Crippen LogP contribution < -0.4 is 0 Å². The Morgan fingerprint density at radius 1 is 1.53 bits per heavy atom. The largest absolute Gasteiger partial charge is 0.280 e. The number of carbonyl (C=O) groups excluding carboxylic acids is 1. The van der Waals surface area contributed by atoms with E-state index in [9.17, 15) is 9.18 Å². The third-order valence-electron chi connectivity index (χ3n) is 2.33. The molecule has 2 rings (SSSR count). The number of nitrogens with zero attached hydrogens (tertiary/aromatic N) is 1. The van der Waals surface area contributed by atoms with Gasteiger partial charge in [0.05, 0.1) is 18.7 Å². The topological polar surface area (TPSA) is 29.5 Å². The number of halogens is 1. The molecule has 0 unspecified atom stereocenters. The van der Waals surface area contributed by atoms with Gasteiger partial charge in [-0.25, -0.2) is 9.45 Å². The number of rotatable bonds is 1. The molecule has 0 aliphatic carbocycles. The van der Waals surface area contributed by atoms with Gasteiger partial charge in [-0.3, -0.25) is 9.63 Å². The number of hydrogen-bond donors (Lipinski definition) is 0. The summed E-state index contributed by atoms with van der Waals surface area (Å²) in [5.74, 6) is -0.888. The van der Waals surface area contributed by atoms with E-state index in [2.05, 4.69) is 0 Å². The third kappa shape index (κ3) is 1.99. The van der Waals surface area contributed by atoms with Crippen LogP contribution in [-0.4, -0.2) is 24.1 Å². The minimum atomic E-state index is -0.490. The van der Waals surface area contributed by atoms with Gasteiger partial charge < -0.3 is 0 Å². The van der Waals surface area contributed by atoms with Crippen molar-refractivity contribution in [2.24, 2.45) is 0 Å². The van der Waals surface area contributed by atoms with E-state index in [1.807, 2.05) is 0 Å². The molecular weight excluding hydrogens is 197 g/mol. The lowest BCUT2D eigenvalue weighted by Crippen LogP contribution is -2.27. The van der Waals surface area contributed by atoms with Crippen LogP contribution in [0.1, 0.15) is 22.3 Å². The van der Waals surface area contributed by atoms with Gasteiger partial charge in [0, 0.05) is 0 Å². The van der Waals surface area contributed by atoms with Gasteiger partial charge in [0.1, 0.15) is 5.82 Å². The molecule has 0 atom stereocenters. The highest BCUT2D eigenvalue weighted by Crippen LogP contribution is 2.15. The van der Waals surface area contributed by atoms with E-state index in [0.29, 0.717) is 13.2 Å². The lowest BCUT2D eigenvalue weighted by molar-refractivity contribution is -0.0770. The SMILES string of the molecule is Cc1ccc(C(=O)N2CCCO2)c(F)c1. The third-order valence-corrected chi connectivity index (χ3v) is 2.33. The van der Waals surface area contributed by atoms with E-state index in [1.54, 1.807) is 13.0 Å². The number of amides is 1. The monoisotopic (exact) mass is 209 g/mol. The van der Waals surface area contributed by atoms with Crippen LogP contribution in [0.25, 0.3) is 0 Å². The normalized spacial score (nSPS) is 15.7. The summed E-state index contributed by atoms with van der Waals surface area (Å²) in [5, 5.41) is 1.22. The maximum absolute atomic E-state index is 13.5. The van der Waals surface area contributed by atoms with Gasteiger partial charge in [-0.1, -0.05) is 6.07 Å². The molecule has 80 valence electrons. The van der Waals surface area contributed by atoms with Crippen LogP contribution in [-0.2, 0) is 4.84 Å². The molecule has 0 N–H and O–H groups in total. The molecular formula is C11H12FNO2. The Labute approximate surface area is 87.4 Å². The molecule has 4 heteroatoms. The Hall–Kier alpha value is -1.42. The molecule has 1 amide bonds. The zero-order valence-electron chi connectivity index (χ0n) is 8.50. The average Bonchev–Trinajstić information content (AvgIpc) is 2.69. The second-order valence-electron chi connectivity index (χ2n) is 3.58. The van der Waals surface area contributed by atoms with Crippen LogP contribution in [0.4, 0.5) is 4.39 Å². The number of carbonyl (C=O) groups is 1. The first-order chi connectivity index (χ1) is 7.18. The highest BCUT2D eigenvalue weighted by Gasteiger charge is 2.23. The quantitative estimate of drug-likeness (QED) is 0.707. The van der Waals surface area contributed by atoms with Gasteiger partial charge in [0.2, 0.25) is 0 Å². The molecule has 0 radical (unpaired) electrons. The predicted molar refractivity (Wildman–Crippen MR) is 52.7 cm³/mol. The first-order valence-corrected chi connectivity index (χ1v) is 4.89. The van der Waals surface area contributed by atoms with Gasteiger partial charge in [0.15, 0.2) is 0 Å². The highest BCUT2D eigenvalue weighted by atomic mass is 19.1. The van der Waals surface area contributed by atoms with E-state index in [4.69, 9.17) is 4.84 Å². The molecule has 3 nitrogen and oxygen atoms in total. The standard InChI is InChI=1S/C11H12FNO2/c1-8-3-4-9(10(12)7-8)11(14)13-5-2-6-15-13/h3-4,7H,2,5-6H2,1H3. The lowest BCUT2D eigenvalue weighted by Gasteiger charge is -2.14. The van der Waals surface area contributed by atoms with Gasteiger partial charge in [-0.05, 0) is 31.0 Å². The molecule has 1 fully saturated rings. The summed E-state index contributed by atoms with van der Waals surface area (Å²) in [6.45, 7) is 2.84. The van der Waals surface area contributed by atoms with Gasteiger partial charge in [0.25, 0.3) is 5.91 Å². The zero-order valence-corrected chi connectivity index (χ0v) is 8.50. The average molecular weight is 209 g/mol. The maximum atomic E-state index is 13.5. The van der Waals surface area contributed by atoms with Crippen molar-refractivity contribution in [3.63, 3.8) is 0 Å². The summed E-state index contributed by atoms with van der Waals surface area (Å²) in [6.07, 6.45) is 0.805. The summed E-state index contributed by atoms with van der Waals surface area (Å²) in [4.78, 5) is 16.8. The van der Waals surface area contributed by atoms with Crippen molar-refractivity contribution < 1.29 is 14.0 Å². The number of aryl methyl sites for hydroxylation is 1. The molecule has 1 aliphatic rings. The van der Waals surface area contributed by atoms with Crippen LogP contribution in [0.5, 0.6) is 0 Å². The first-order valence-electron chi connectivity index (χ1n) is 4.89. The first kappa shape index (κ1) is 10.1. The van der Waals surface area contributed by atoms with Crippen molar-refractivity contribution in [2.75, 3.05) is 13.2 Å². The molecule has 0 spiro atoms. The summed E-state index contributed by atoms with van der Waals surface area (Å²) in [7, 11) is 0.